The molecule has 0 heterocycles. The minimum atomic E-state index is -3.50. The van der Waals surface area contributed by atoms with E-state index in [1.165, 1.54) is 0 Å². The van der Waals surface area contributed by atoms with Crippen molar-refractivity contribution in [1.29, 1.82) is 0 Å². The summed E-state index contributed by atoms with van der Waals surface area (Å²) in [6.07, 6.45) is 1.58. The normalized spacial score (nSPS) is 22.6. The topological polar surface area (TPSA) is 63.2 Å². The molecule has 2 atom stereocenters. The van der Waals surface area contributed by atoms with Gasteiger partial charge in [-0.2, -0.15) is 0 Å². The van der Waals surface area contributed by atoms with E-state index in [2.05, 4.69) is 0 Å². The number of halogens is 2. The van der Waals surface area contributed by atoms with Gasteiger partial charge in [-0.25, -0.2) is 8.42 Å². The zero-order valence-electron chi connectivity index (χ0n) is 9.48. The minimum Gasteiger partial charge on any atom is -0.274 e. The lowest BCUT2D eigenvalue weighted by Gasteiger charge is -2.03. The molecule has 4 nitrogen and oxygen atoms in total. The molecule has 1 fully saturated rings. The Hall–Kier alpha value is -0.780. The molecule has 1 saturated carbocycles. The maximum atomic E-state index is 11.6. The van der Waals surface area contributed by atoms with Gasteiger partial charge >= 0.3 is 0 Å². The van der Waals surface area contributed by atoms with Gasteiger partial charge in [-0.1, -0.05) is 29.3 Å². The Balaban J connectivity index is 2.07. The van der Waals surface area contributed by atoms with Crippen molar-refractivity contribution in [1.82, 2.24) is 4.72 Å². The summed E-state index contributed by atoms with van der Waals surface area (Å²) in [5.41, 5.74) is 0.901. The fourth-order valence-corrected chi connectivity index (χ4v) is 2.68. The Morgan fingerprint density at radius 2 is 2.00 bits per heavy atom. The molecule has 98 valence electrons. The van der Waals surface area contributed by atoms with Gasteiger partial charge in [0.1, 0.15) is 0 Å². The number of carbonyl (C=O) groups excluding carboxylic acids is 1. The summed E-state index contributed by atoms with van der Waals surface area (Å²) < 4.78 is 23.9. The summed E-state index contributed by atoms with van der Waals surface area (Å²) in [7, 11) is -3.50. The molecule has 18 heavy (non-hydrogen) atoms. The zero-order chi connectivity index (χ0) is 13.5. The Kier molecular flexibility index (Phi) is 3.58. The molecule has 0 aliphatic heterocycles. The Morgan fingerprint density at radius 1 is 1.33 bits per heavy atom. The van der Waals surface area contributed by atoms with Crippen LogP contribution in [0.15, 0.2) is 18.2 Å². The van der Waals surface area contributed by atoms with E-state index in [1.54, 1.807) is 18.2 Å². The van der Waals surface area contributed by atoms with Crippen LogP contribution in [0.25, 0.3) is 0 Å². The lowest BCUT2D eigenvalue weighted by atomic mass is 10.1. The van der Waals surface area contributed by atoms with E-state index in [0.717, 1.165) is 11.8 Å². The van der Waals surface area contributed by atoms with Gasteiger partial charge in [-0.3, -0.25) is 9.52 Å². The van der Waals surface area contributed by atoms with E-state index >= 15 is 0 Å². The summed E-state index contributed by atoms with van der Waals surface area (Å²) >= 11 is 11.7. The molecule has 0 unspecified atom stereocenters. The highest BCUT2D eigenvalue weighted by molar-refractivity contribution is 7.89. The second-order valence-electron chi connectivity index (χ2n) is 4.36. The highest BCUT2D eigenvalue weighted by Crippen LogP contribution is 2.48. The van der Waals surface area contributed by atoms with Gasteiger partial charge < -0.3 is 0 Å². The van der Waals surface area contributed by atoms with Crippen molar-refractivity contribution in [2.24, 2.45) is 5.92 Å². The van der Waals surface area contributed by atoms with Crippen LogP contribution >= 0.6 is 23.2 Å². The van der Waals surface area contributed by atoms with E-state index in [0.29, 0.717) is 16.5 Å². The SMILES string of the molecule is CS(=O)(=O)NC(=O)[C@@H]1C[C@@H]1c1ccc(Cl)c(Cl)c1. The maximum Gasteiger partial charge on any atom is 0.237 e. The quantitative estimate of drug-likeness (QED) is 0.931. The molecule has 0 spiro atoms. The van der Waals surface area contributed by atoms with Gasteiger partial charge in [0.2, 0.25) is 15.9 Å². The molecular weight excluding hydrogens is 297 g/mol. The number of carbonyl (C=O) groups is 1. The molecule has 1 N–H and O–H groups in total. The second kappa shape index (κ2) is 4.72. The first kappa shape index (κ1) is 13.6. The average molecular weight is 308 g/mol. The van der Waals surface area contributed by atoms with Gasteiger partial charge in [-0.15, -0.1) is 0 Å². The molecular formula is C11H11Cl2NO3S. The predicted octanol–water partition coefficient (Wildman–Crippen LogP) is 2.17. The van der Waals surface area contributed by atoms with Crippen molar-refractivity contribution in [3.8, 4) is 0 Å². The van der Waals surface area contributed by atoms with Crippen LogP contribution in [-0.4, -0.2) is 20.6 Å². The first-order valence-electron chi connectivity index (χ1n) is 5.24. The second-order valence-corrected chi connectivity index (χ2v) is 6.92. The number of rotatable bonds is 3. The Bertz CT molecular complexity index is 600. The summed E-state index contributed by atoms with van der Waals surface area (Å²) in [6.45, 7) is 0. The van der Waals surface area contributed by atoms with E-state index in [1.807, 2.05) is 4.72 Å². The fourth-order valence-electron chi connectivity index (χ4n) is 1.85. The molecule has 1 amide bonds. The molecule has 7 heteroatoms. The first-order valence-corrected chi connectivity index (χ1v) is 7.89. The smallest absolute Gasteiger partial charge is 0.237 e. The number of benzene rings is 1. The Morgan fingerprint density at radius 3 is 2.56 bits per heavy atom. The standard InChI is InChI=1S/C11H11Cl2NO3S/c1-18(16,17)14-11(15)8-5-7(8)6-2-3-9(12)10(13)4-6/h2-4,7-8H,5H2,1H3,(H,14,15)/t7-,8-/m1/s1. The van der Waals surface area contributed by atoms with Crippen LogP contribution in [0, 0.1) is 5.92 Å². The van der Waals surface area contributed by atoms with Gasteiger partial charge in [0.05, 0.1) is 16.3 Å². The van der Waals surface area contributed by atoms with Crippen LogP contribution in [0.5, 0.6) is 0 Å². The largest absolute Gasteiger partial charge is 0.274 e. The van der Waals surface area contributed by atoms with E-state index in [4.69, 9.17) is 23.2 Å². The van der Waals surface area contributed by atoms with Crippen LogP contribution < -0.4 is 4.72 Å². The number of hydrogen-bond acceptors (Lipinski definition) is 3. The molecule has 0 bridgehead atoms. The molecule has 1 aromatic carbocycles. The number of hydrogen-bond donors (Lipinski definition) is 1. The van der Waals surface area contributed by atoms with Gasteiger partial charge in [0.25, 0.3) is 0 Å². The highest BCUT2D eigenvalue weighted by atomic mass is 35.5. The Labute approximate surface area is 115 Å². The van der Waals surface area contributed by atoms with Crippen LogP contribution in [-0.2, 0) is 14.8 Å². The maximum absolute atomic E-state index is 11.6. The molecule has 0 aromatic heterocycles. The van der Waals surface area contributed by atoms with Gasteiger partial charge in [-0.05, 0) is 30.0 Å². The van der Waals surface area contributed by atoms with Crippen LogP contribution in [0.3, 0.4) is 0 Å². The summed E-state index contributed by atoms with van der Waals surface area (Å²) in [6, 6.07) is 5.18. The van der Waals surface area contributed by atoms with Gasteiger partial charge in [0.15, 0.2) is 0 Å². The van der Waals surface area contributed by atoms with Gasteiger partial charge in [0, 0.05) is 5.92 Å². The molecule has 1 aromatic rings. The van der Waals surface area contributed by atoms with Crippen molar-refractivity contribution in [2.75, 3.05) is 6.26 Å². The van der Waals surface area contributed by atoms with E-state index in [-0.39, 0.29) is 11.8 Å². The van der Waals surface area contributed by atoms with Crippen molar-refractivity contribution in [3.05, 3.63) is 33.8 Å². The summed E-state index contributed by atoms with van der Waals surface area (Å²) in [4.78, 5) is 11.6. The fraction of sp³-hybridized carbons (Fsp3) is 0.364. The molecule has 0 radical (unpaired) electrons. The van der Waals surface area contributed by atoms with E-state index in [9.17, 15) is 13.2 Å². The minimum absolute atomic E-state index is 0.0153. The van der Waals surface area contributed by atoms with Crippen LogP contribution in [0.1, 0.15) is 17.9 Å². The number of amides is 1. The number of sulfonamides is 1. The molecule has 1 aliphatic carbocycles. The summed E-state index contributed by atoms with van der Waals surface area (Å²) in [5, 5.41) is 0.890. The van der Waals surface area contributed by atoms with E-state index < -0.39 is 15.9 Å². The number of nitrogens with one attached hydrogen (secondary N) is 1. The zero-order valence-corrected chi connectivity index (χ0v) is 11.8. The molecule has 1 aliphatic rings. The lowest BCUT2D eigenvalue weighted by Crippen LogP contribution is -2.30. The van der Waals surface area contributed by atoms with Crippen molar-refractivity contribution >= 4 is 39.1 Å². The highest BCUT2D eigenvalue weighted by Gasteiger charge is 2.44. The van der Waals surface area contributed by atoms with Crippen molar-refractivity contribution in [2.45, 2.75) is 12.3 Å². The monoisotopic (exact) mass is 307 g/mol. The first-order chi connectivity index (χ1) is 8.28. The average Bonchev–Trinajstić information content (AvgIpc) is 2.99. The van der Waals surface area contributed by atoms with Crippen LogP contribution in [0.2, 0.25) is 10.0 Å². The third-order valence-electron chi connectivity index (χ3n) is 2.79. The van der Waals surface area contributed by atoms with Crippen molar-refractivity contribution in [3.63, 3.8) is 0 Å². The third kappa shape index (κ3) is 3.16. The predicted molar refractivity (Wildman–Crippen MR) is 70.3 cm³/mol. The van der Waals surface area contributed by atoms with Crippen molar-refractivity contribution < 1.29 is 13.2 Å². The lowest BCUT2D eigenvalue weighted by molar-refractivity contribution is -0.120. The van der Waals surface area contributed by atoms with Crippen LogP contribution in [0.4, 0.5) is 0 Å². The molecule has 0 saturated heterocycles. The summed E-state index contributed by atoms with van der Waals surface area (Å²) in [5.74, 6) is -0.757. The molecule has 2 rings (SSSR count). The third-order valence-corrected chi connectivity index (χ3v) is 4.10.